The van der Waals surface area contributed by atoms with Gasteiger partial charge in [0.1, 0.15) is 0 Å². The molecule has 2 unspecified atom stereocenters. The molecule has 0 aromatic rings. The summed E-state index contributed by atoms with van der Waals surface area (Å²) in [5.74, 6) is 0. The molecule has 0 saturated heterocycles. The molecule has 0 radical (unpaired) electrons. The molecule has 0 heterocycles. The van der Waals surface area contributed by atoms with Crippen molar-refractivity contribution < 1.29 is 61.5 Å². The molecule has 0 bridgehead atoms. The van der Waals surface area contributed by atoms with Gasteiger partial charge in [-0.15, -0.1) is 0 Å². The molecular formula is C16H23F8NO6S2. The van der Waals surface area contributed by atoms with Crippen LogP contribution in [0.1, 0.15) is 51.4 Å². The van der Waals surface area contributed by atoms with Crippen molar-refractivity contribution in [1.29, 1.82) is 0 Å². The van der Waals surface area contributed by atoms with E-state index in [0.29, 0.717) is 0 Å². The second-order valence-corrected chi connectivity index (χ2v) is 9.70. The van der Waals surface area contributed by atoms with Crippen molar-refractivity contribution in [2.24, 2.45) is 0 Å². The van der Waals surface area contributed by atoms with Crippen LogP contribution in [0.25, 0.3) is 0 Å². The largest absolute Gasteiger partial charge is 0.416 e. The summed E-state index contributed by atoms with van der Waals surface area (Å²) >= 11 is -4.34. The summed E-state index contributed by atoms with van der Waals surface area (Å²) in [6.07, 6.45) is -19.8. The SMILES string of the molecule is O=S(NOS(=O)C1CCC(OC(F)(F)C(F)F)CC1)OC1CCC(OC(F)(F)C(F)F)CC1. The van der Waals surface area contributed by atoms with Crippen molar-refractivity contribution >= 4 is 22.3 Å². The first kappa shape index (κ1) is 28.8. The zero-order valence-corrected chi connectivity index (χ0v) is 18.5. The molecule has 2 fully saturated rings. The van der Waals surface area contributed by atoms with Crippen LogP contribution in [0.5, 0.6) is 0 Å². The fourth-order valence-electron chi connectivity index (χ4n) is 3.41. The molecular weight excluding hydrogens is 518 g/mol. The van der Waals surface area contributed by atoms with Crippen LogP contribution >= 0.6 is 0 Å². The lowest BCUT2D eigenvalue weighted by atomic mass is 9.95. The van der Waals surface area contributed by atoms with Gasteiger partial charge < -0.3 is 9.47 Å². The maximum absolute atomic E-state index is 12.9. The van der Waals surface area contributed by atoms with Gasteiger partial charge >= 0.3 is 25.1 Å². The van der Waals surface area contributed by atoms with E-state index in [-0.39, 0.29) is 51.4 Å². The molecule has 0 aromatic heterocycles. The van der Waals surface area contributed by atoms with Crippen molar-refractivity contribution in [3.63, 3.8) is 0 Å². The van der Waals surface area contributed by atoms with Crippen LogP contribution in [0.15, 0.2) is 0 Å². The summed E-state index contributed by atoms with van der Waals surface area (Å²) in [7, 11) is 0. The Morgan fingerprint density at radius 3 is 1.52 bits per heavy atom. The summed E-state index contributed by atoms with van der Waals surface area (Å²) in [5.41, 5.74) is 0. The monoisotopic (exact) mass is 541 g/mol. The van der Waals surface area contributed by atoms with Gasteiger partial charge in [-0.3, -0.25) is 4.18 Å². The second-order valence-electron chi connectivity index (χ2n) is 7.52. The number of hydrogen-bond acceptors (Lipinski definition) is 6. The minimum absolute atomic E-state index is 0.0348. The molecule has 2 atom stereocenters. The first-order valence-corrected chi connectivity index (χ1v) is 12.1. The topological polar surface area (TPSA) is 83.1 Å². The number of nitrogens with one attached hydrogen (secondary N) is 1. The van der Waals surface area contributed by atoms with Gasteiger partial charge in [-0.1, -0.05) is 4.89 Å². The van der Waals surface area contributed by atoms with E-state index in [1.165, 1.54) is 0 Å². The first-order chi connectivity index (χ1) is 15.3. The predicted molar refractivity (Wildman–Crippen MR) is 97.8 cm³/mol. The molecule has 7 nitrogen and oxygen atoms in total. The van der Waals surface area contributed by atoms with E-state index in [4.69, 9.17) is 8.47 Å². The minimum atomic E-state index is -4.57. The van der Waals surface area contributed by atoms with Crippen molar-refractivity contribution in [2.45, 2.75) is 100.0 Å². The second kappa shape index (κ2) is 12.5. The third-order valence-corrected chi connectivity index (χ3v) is 7.11. The maximum atomic E-state index is 12.9. The van der Waals surface area contributed by atoms with Gasteiger partial charge in [-0.25, -0.2) is 26.0 Å². The molecule has 196 valence electrons. The third kappa shape index (κ3) is 9.25. The highest BCUT2D eigenvalue weighted by atomic mass is 32.2. The summed E-state index contributed by atoms with van der Waals surface area (Å²) in [6, 6.07) is 0. The van der Waals surface area contributed by atoms with E-state index >= 15 is 0 Å². The van der Waals surface area contributed by atoms with Gasteiger partial charge in [-0.05, 0) is 51.4 Å². The average Bonchev–Trinajstić information content (AvgIpc) is 2.73. The van der Waals surface area contributed by atoms with Crippen molar-refractivity contribution in [3.8, 4) is 0 Å². The maximum Gasteiger partial charge on any atom is 0.416 e. The highest BCUT2D eigenvalue weighted by Crippen LogP contribution is 2.33. The lowest BCUT2D eigenvalue weighted by molar-refractivity contribution is -0.321. The zero-order chi connectivity index (χ0) is 24.8. The number of rotatable bonds is 12. The summed E-state index contributed by atoms with van der Waals surface area (Å²) in [4.78, 5) is 1.90. The van der Waals surface area contributed by atoms with Gasteiger partial charge in [0.15, 0.2) is 11.1 Å². The van der Waals surface area contributed by atoms with Gasteiger partial charge in [0.05, 0.1) is 23.6 Å². The Labute approximate surface area is 189 Å². The minimum Gasteiger partial charge on any atom is -0.313 e. The predicted octanol–water partition coefficient (Wildman–Crippen LogP) is 4.14. The highest BCUT2D eigenvalue weighted by molar-refractivity contribution is 7.82. The summed E-state index contributed by atoms with van der Waals surface area (Å²) in [5, 5.41) is -0.654. The van der Waals surface area contributed by atoms with Gasteiger partial charge in [0, 0.05) is 0 Å². The zero-order valence-electron chi connectivity index (χ0n) is 16.9. The van der Waals surface area contributed by atoms with Crippen LogP contribution in [-0.2, 0) is 40.3 Å². The lowest BCUT2D eigenvalue weighted by Crippen LogP contribution is -2.39. The number of hydrogen-bond donors (Lipinski definition) is 1. The van der Waals surface area contributed by atoms with E-state index in [1.54, 1.807) is 0 Å². The average molecular weight is 541 g/mol. The lowest BCUT2D eigenvalue weighted by Gasteiger charge is -2.30. The molecule has 33 heavy (non-hydrogen) atoms. The summed E-state index contributed by atoms with van der Waals surface area (Å²) < 4.78 is 142. The quantitative estimate of drug-likeness (QED) is 0.296. The van der Waals surface area contributed by atoms with E-state index in [2.05, 4.69) is 9.47 Å². The van der Waals surface area contributed by atoms with E-state index < -0.39 is 71.0 Å². The fraction of sp³-hybridized carbons (Fsp3) is 1.00. The Morgan fingerprint density at radius 2 is 1.09 bits per heavy atom. The van der Waals surface area contributed by atoms with Crippen LogP contribution in [0, 0.1) is 0 Å². The van der Waals surface area contributed by atoms with Crippen molar-refractivity contribution in [1.82, 2.24) is 4.89 Å². The highest BCUT2D eigenvalue weighted by Gasteiger charge is 2.46. The van der Waals surface area contributed by atoms with E-state index in [0.717, 1.165) is 0 Å². The standard InChI is InChI=1S/C16H23F8NO6S2/c17-13(18)15(21,22)28-9-1-3-11(4-2-9)30-33(27)25-31-32(26)12-7-5-10(6-8-12)29-16(23,24)14(19)20/h9-14,25H,1-8H2. The van der Waals surface area contributed by atoms with Crippen molar-refractivity contribution in [2.75, 3.05) is 0 Å². The van der Waals surface area contributed by atoms with Gasteiger partial charge in [0.2, 0.25) is 0 Å². The molecule has 0 aromatic carbocycles. The third-order valence-electron chi connectivity index (χ3n) is 5.08. The molecule has 2 aliphatic carbocycles. The van der Waals surface area contributed by atoms with Crippen LogP contribution < -0.4 is 4.89 Å². The van der Waals surface area contributed by atoms with Crippen molar-refractivity contribution in [3.05, 3.63) is 0 Å². The fourth-order valence-corrected chi connectivity index (χ4v) is 5.17. The van der Waals surface area contributed by atoms with E-state index in [1.807, 2.05) is 4.89 Å². The number of alkyl halides is 8. The number of halogens is 8. The molecule has 2 saturated carbocycles. The number of ether oxygens (including phenoxy) is 2. The van der Waals surface area contributed by atoms with Crippen LogP contribution in [0.3, 0.4) is 0 Å². The Kier molecular flexibility index (Phi) is 10.9. The molecule has 1 N–H and O–H groups in total. The Bertz CT molecular complexity index is 661. The van der Waals surface area contributed by atoms with Gasteiger partial charge in [0.25, 0.3) is 11.3 Å². The molecule has 0 spiro atoms. The van der Waals surface area contributed by atoms with Crippen LogP contribution in [0.2, 0.25) is 0 Å². The Hall–Kier alpha value is -0.460. The normalized spacial score (nSPS) is 29.4. The molecule has 0 aliphatic heterocycles. The smallest absolute Gasteiger partial charge is 0.313 e. The molecule has 2 rings (SSSR count). The Morgan fingerprint density at radius 1 is 0.697 bits per heavy atom. The molecule has 0 amide bonds. The van der Waals surface area contributed by atoms with Crippen LogP contribution in [-0.4, -0.2) is 57.0 Å². The van der Waals surface area contributed by atoms with Crippen LogP contribution in [0.4, 0.5) is 35.1 Å². The molecule has 17 heteroatoms. The summed E-state index contributed by atoms with van der Waals surface area (Å²) in [6.45, 7) is 0. The van der Waals surface area contributed by atoms with Gasteiger partial charge in [-0.2, -0.15) is 21.8 Å². The Balaban J connectivity index is 1.64. The molecule has 2 aliphatic rings. The first-order valence-electron chi connectivity index (χ1n) is 9.90. The van der Waals surface area contributed by atoms with E-state index in [9.17, 15) is 43.5 Å².